The molecule has 6 heteroatoms. The summed E-state index contributed by atoms with van der Waals surface area (Å²) in [5, 5.41) is 3.18. The SMILES string of the molecule is CCCCCCC[n+]1cccc(C2C(C(=O)OCC)=C(C)NC(C)=C2C(=O)OCC)c1. The second-order valence-electron chi connectivity index (χ2n) is 7.87. The number of esters is 2. The van der Waals surface area contributed by atoms with Gasteiger partial charge in [-0.3, -0.25) is 0 Å². The molecule has 170 valence electrons. The number of nitrogens with one attached hydrogen (secondary N) is 1. The van der Waals surface area contributed by atoms with Crippen molar-refractivity contribution in [2.24, 2.45) is 0 Å². The molecule has 1 aliphatic rings. The van der Waals surface area contributed by atoms with Crippen LogP contribution in [0.2, 0.25) is 0 Å². The van der Waals surface area contributed by atoms with Gasteiger partial charge in [0.15, 0.2) is 12.4 Å². The highest BCUT2D eigenvalue weighted by Gasteiger charge is 2.38. The maximum absolute atomic E-state index is 12.9. The molecule has 0 bridgehead atoms. The van der Waals surface area contributed by atoms with Gasteiger partial charge in [-0.05, 0) is 40.2 Å². The number of rotatable bonds is 11. The third-order valence-corrected chi connectivity index (χ3v) is 5.49. The van der Waals surface area contributed by atoms with Crippen molar-refractivity contribution >= 4 is 11.9 Å². The molecule has 0 unspecified atom stereocenters. The van der Waals surface area contributed by atoms with Gasteiger partial charge in [-0.15, -0.1) is 0 Å². The number of unbranched alkanes of at least 4 members (excludes halogenated alkanes) is 4. The summed E-state index contributed by atoms with van der Waals surface area (Å²) in [4.78, 5) is 25.8. The summed E-state index contributed by atoms with van der Waals surface area (Å²) in [5.74, 6) is -1.37. The molecule has 6 nitrogen and oxygen atoms in total. The van der Waals surface area contributed by atoms with Crippen molar-refractivity contribution in [1.29, 1.82) is 0 Å². The summed E-state index contributed by atoms with van der Waals surface area (Å²) >= 11 is 0. The zero-order valence-corrected chi connectivity index (χ0v) is 19.6. The zero-order chi connectivity index (χ0) is 22.8. The minimum Gasteiger partial charge on any atom is -0.463 e. The first kappa shape index (κ1) is 24.6. The first-order valence-electron chi connectivity index (χ1n) is 11.5. The topological polar surface area (TPSA) is 68.5 Å². The van der Waals surface area contributed by atoms with E-state index in [1.807, 2.05) is 38.4 Å². The molecule has 0 atom stereocenters. The number of aromatic nitrogens is 1. The van der Waals surface area contributed by atoms with Gasteiger partial charge in [0.25, 0.3) is 0 Å². The summed E-state index contributed by atoms with van der Waals surface area (Å²) in [5.41, 5.74) is 3.18. The molecule has 2 rings (SSSR count). The fraction of sp³-hybridized carbons (Fsp3) is 0.560. The first-order chi connectivity index (χ1) is 14.9. The summed E-state index contributed by atoms with van der Waals surface area (Å²) in [6.07, 6.45) is 10.1. The van der Waals surface area contributed by atoms with Crippen LogP contribution in [-0.2, 0) is 25.6 Å². The summed E-state index contributed by atoms with van der Waals surface area (Å²) < 4.78 is 12.8. The predicted octanol–water partition coefficient (Wildman–Crippen LogP) is 4.31. The Bertz CT molecular complexity index is 802. The van der Waals surface area contributed by atoms with Crippen LogP contribution >= 0.6 is 0 Å². The van der Waals surface area contributed by atoms with E-state index in [2.05, 4.69) is 16.8 Å². The molecule has 0 amide bonds. The Kier molecular flexibility index (Phi) is 9.76. The highest BCUT2D eigenvalue weighted by molar-refractivity contribution is 5.99. The molecule has 0 aliphatic carbocycles. The van der Waals surface area contributed by atoms with Crippen molar-refractivity contribution in [3.63, 3.8) is 0 Å². The van der Waals surface area contributed by atoms with Crippen molar-refractivity contribution < 1.29 is 23.6 Å². The molecule has 0 radical (unpaired) electrons. The van der Waals surface area contributed by atoms with Gasteiger partial charge in [0, 0.05) is 29.4 Å². The Labute approximate surface area is 186 Å². The number of hydrogen-bond acceptors (Lipinski definition) is 5. The molecule has 0 aromatic carbocycles. The van der Waals surface area contributed by atoms with E-state index in [1.165, 1.54) is 25.7 Å². The lowest BCUT2D eigenvalue weighted by atomic mass is 9.81. The van der Waals surface area contributed by atoms with Crippen LogP contribution in [0.5, 0.6) is 0 Å². The lowest BCUT2D eigenvalue weighted by Crippen LogP contribution is -2.36. The molecule has 1 aromatic heterocycles. The van der Waals surface area contributed by atoms with Gasteiger partial charge >= 0.3 is 11.9 Å². The Balaban J connectivity index is 2.42. The number of nitrogens with zero attached hydrogens (tertiary/aromatic N) is 1. The van der Waals surface area contributed by atoms with Crippen LogP contribution in [-0.4, -0.2) is 25.2 Å². The number of hydrogen-bond donors (Lipinski definition) is 1. The molecule has 1 N–H and O–H groups in total. The number of ether oxygens (including phenoxy) is 2. The highest BCUT2D eigenvalue weighted by atomic mass is 16.5. The van der Waals surface area contributed by atoms with Gasteiger partial charge in [0.1, 0.15) is 6.54 Å². The minimum atomic E-state index is -0.535. The van der Waals surface area contributed by atoms with Crippen LogP contribution in [0.15, 0.2) is 47.1 Å². The fourth-order valence-corrected chi connectivity index (χ4v) is 4.04. The molecule has 0 spiro atoms. The molecule has 0 saturated carbocycles. The molecular weight excluding hydrogens is 392 g/mol. The highest BCUT2D eigenvalue weighted by Crippen LogP contribution is 2.38. The van der Waals surface area contributed by atoms with E-state index in [4.69, 9.17) is 9.47 Å². The van der Waals surface area contributed by atoms with Gasteiger partial charge in [-0.2, -0.15) is 0 Å². The summed E-state index contributed by atoms with van der Waals surface area (Å²) in [6, 6.07) is 3.93. The maximum Gasteiger partial charge on any atom is 0.336 e. The normalized spacial score (nSPS) is 14.5. The second kappa shape index (κ2) is 12.3. The van der Waals surface area contributed by atoms with Crippen LogP contribution in [0.25, 0.3) is 0 Å². The zero-order valence-electron chi connectivity index (χ0n) is 19.6. The lowest BCUT2D eigenvalue weighted by Gasteiger charge is -2.29. The number of carbonyl (C=O) groups is 2. The van der Waals surface area contributed by atoms with Crippen molar-refractivity contribution in [2.45, 2.75) is 79.2 Å². The van der Waals surface area contributed by atoms with Gasteiger partial charge in [-0.25, -0.2) is 14.2 Å². The van der Waals surface area contributed by atoms with Crippen molar-refractivity contribution in [1.82, 2.24) is 5.32 Å². The Morgan fingerprint density at radius 1 is 0.935 bits per heavy atom. The maximum atomic E-state index is 12.9. The third kappa shape index (κ3) is 6.42. The van der Waals surface area contributed by atoms with Gasteiger partial charge < -0.3 is 14.8 Å². The van der Waals surface area contributed by atoms with E-state index in [0.717, 1.165) is 18.5 Å². The molecule has 0 fully saturated rings. The number of carbonyl (C=O) groups excluding carboxylic acids is 2. The van der Waals surface area contributed by atoms with E-state index in [1.54, 1.807) is 13.8 Å². The van der Waals surface area contributed by atoms with Gasteiger partial charge in [-0.1, -0.05) is 26.2 Å². The minimum absolute atomic E-state index is 0.270. The van der Waals surface area contributed by atoms with E-state index in [9.17, 15) is 9.59 Å². The average molecular weight is 430 g/mol. The number of allylic oxidation sites excluding steroid dienone is 2. The molecule has 0 saturated heterocycles. The molecule has 1 aliphatic heterocycles. The molecule has 1 aromatic rings. The van der Waals surface area contributed by atoms with Crippen LogP contribution in [0.4, 0.5) is 0 Å². The Morgan fingerprint density at radius 2 is 1.52 bits per heavy atom. The largest absolute Gasteiger partial charge is 0.463 e. The van der Waals surface area contributed by atoms with Crippen LogP contribution in [0.3, 0.4) is 0 Å². The van der Waals surface area contributed by atoms with Gasteiger partial charge in [0.2, 0.25) is 0 Å². The molecule has 2 heterocycles. The number of aryl methyl sites for hydroxylation is 1. The predicted molar refractivity (Wildman–Crippen MR) is 120 cm³/mol. The van der Waals surface area contributed by atoms with E-state index in [-0.39, 0.29) is 13.2 Å². The first-order valence-corrected chi connectivity index (χ1v) is 11.5. The summed E-state index contributed by atoms with van der Waals surface area (Å²) in [7, 11) is 0. The van der Waals surface area contributed by atoms with Crippen LogP contribution in [0.1, 0.15) is 78.2 Å². The van der Waals surface area contributed by atoms with Crippen molar-refractivity contribution in [2.75, 3.05) is 13.2 Å². The fourth-order valence-electron chi connectivity index (χ4n) is 4.04. The van der Waals surface area contributed by atoms with Crippen LogP contribution < -0.4 is 9.88 Å². The van der Waals surface area contributed by atoms with Gasteiger partial charge in [0.05, 0.1) is 30.3 Å². The second-order valence-corrected chi connectivity index (χ2v) is 7.87. The monoisotopic (exact) mass is 429 g/mol. The van der Waals surface area contributed by atoms with E-state index < -0.39 is 17.9 Å². The van der Waals surface area contributed by atoms with Crippen LogP contribution in [0, 0.1) is 0 Å². The third-order valence-electron chi connectivity index (χ3n) is 5.49. The number of dihydropyridines is 1. The number of pyridine rings is 1. The molecule has 31 heavy (non-hydrogen) atoms. The van der Waals surface area contributed by atoms with Crippen molar-refractivity contribution in [3.8, 4) is 0 Å². The quantitative estimate of drug-likeness (QED) is 0.323. The van der Waals surface area contributed by atoms with E-state index >= 15 is 0 Å². The Hall–Kier alpha value is -2.63. The molecular formula is C25H37N2O4+. The van der Waals surface area contributed by atoms with Crippen molar-refractivity contribution in [3.05, 3.63) is 52.6 Å². The summed E-state index contributed by atoms with van der Waals surface area (Å²) in [6.45, 7) is 10.9. The Morgan fingerprint density at radius 3 is 2.06 bits per heavy atom. The average Bonchev–Trinajstić information content (AvgIpc) is 2.73. The lowest BCUT2D eigenvalue weighted by molar-refractivity contribution is -0.697. The smallest absolute Gasteiger partial charge is 0.336 e. The standard InChI is InChI=1S/C25H36N2O4/c1-6-9-10-11-12-15-27-16-13-14-20(17-27)23-21(24(28)30-7-2)18(4)26-19(5)22(23)25(29)31-8-3/h13-14,16-17,23H,6-12,15H2,1-5H3/p+1. The van der Waals surface area contributed by atoms with E-state index in [0.29, 0.717) is 22.5 Å².